The van der Waals surface area contributed by atoms with Gasteiger partial charge in [0, 0.05) is 18.7 Å². The van der Waals surface area contributed by atoms with Crippen molar-refractivity contribution in [3.8, 4) is 23.3 Å². The van der Waals surface area contributed by atoms with Crippen molar-refractivity contribution in [2.24, 2.45) is 0 Å². The number of aromatic nitrogens is 3. The zero-order chi connectivity index (χ0) is 25.3. The Labute approximate surface area is 209 Å². The van der Waals surface area contributed by atoms with Crippen molar-refractivity contribution in [3.05, 3.63) is 78.0 Å². The van der Waals surface area contributed by atoms with Crippen molar-refractivity contribution in [2.45, 2.75) is 26.5 Å². The Hall–Kier alpha value is -3.65. The first-order valence-corrected chi connectivity index (χ1v) is 11.4. The van der Waals surface area contributed by atoms with Crippen LogP contribution in [0, 0.1) is 11.3 Å². The molecule has 12 heteroatoms. The maximum Gasteiger partial charge on any atom is 0.349 e. The number of fused-ring (bicyclic) bond motifs is 1. The smallest absolute Gasteiger partial charge is 0.349 e. The van der Waals surface area contributed by atoms with Gasteiger partial charge in [-0.15, -0.1) is 5.10 Å². The molecule has 2 aromatic carbocycles. The molecule has 0 saturated heterocycles. The van der Waals surface area contributed by atoms with Crippen LogP contribution in [0.15, 0.2) is 39.9 Å². The van der Waals surface area contributed by atoms with Crippen LogP contribution >= 0.6 is 23.2 Å². The van der Waals surface area contributed by atoms with Crippen LogP contribution in [-0.4, -0.2) is 45.0 Å². The summed E-state index contributed by atoms with van der Waals surface area (Å²) in [6.07, 6.45) is 0.305. The molecule has 4 rings (SSSR count). The third-order valence-corrected chi connectivity index (χ3v) is 5.98. The van der Waals surface area contributed by atoms with E-state index in [0.29, 0.717) is 30.9 Å². The van der Waals surface area contributed by atoms with Gasteiger partial charge in [0.05, 0.1) is 15.7 Å². The van der Waals surface area contributed by atoms with Crippen LogP contribution < -0.4 is 16.0 Å². The number of carbonyl (C=O) groups is 1. The maximum absolute atomic E-state index is 12.9. The molecular weight excluding hydrogens is 497 g/mol. The zero-order valence-electron chi connectivity index (χ0n) is 18.7. The van der Waals surface area contributed by atoms with Crippen LogP contribution in [0.3, 0.4) is 0 Å². The SMILES string of the molecule is CCOC(C)N1CCc2cc(Oc3c(Cl)cc(-n4nc(C#N)c(=O)[nH]c4=O)cc3Cl)ccc2C1=O. The maximum atomic E-state index is 12.9. The van der Waals surface area contributed by atoms with Gasteiger partial charge in [-0.3, -0.25) is 14.6 Å². The van der Waals surface area contributed by atoms with Gasteiger partial charge in [-0.25, -0.2) is 4.79 Å². The molecule has 0 bridgehead atoms. The van der Waals surface area contributed by atoms with E-state index in [2.05, 4.69) is 5.10 Å². The molecule has 0 saturated carbocycles. The number of ether oxygens (including phenoxy) is 2. The van der Waals surface area contributed by atoms with Crippen LogP contribution in [0.1, 0.15) is 35.5 Å². The Morgan fingerprint density at radius 2 is 1.91 bits per heavy atom. The molecule has 1 unspecified atom stereocenters. The standard InChI is InChI=1S/C23H19Cl2N5O5/c1-3-34-12(2)29-7-6-13-8-15(4-5-16(13)22(29)32)35-20-17(24)9-14(10-18(20)25)30-23(33)27-21(31)19(11-26)28-30/h4-5,8-10,12H,3,6-7H2,1-2H3,(H,27,31,33). The van der Waals surface area contributed by atoms with E-state index in [1.54, 1.807) is 29.2 Å². The number of carbonyl (C=O) groups excluding carboxylic acids is 1. The van der Waals surface area contributed by atoms with Crippen molar-refractivity contribution < 1.29 is 14.3 Å². The van der Waals surface area contributed by atoms with Crippen molar-refractivity contribution >= 4 is 29.1 Å². The Morgan fingerprint density at radius 1 is 1.20 bits per heavy atom. The highest BCUT2D eigenvalue weighted by atomic mass is 35.5. The molecule has 0 aliphatic carbocycles. The third-order valence-electron chi connectivity index (χ3n) is 5.42. The van der Waals surface area contributed by atoms with Crippen LogP contribution in [0.5, 0.6) is 11.5 Å². The summed E-state index contributed by atoms with van der Waals surface area (Å²) in [5.74, 6) is 0.434. The molecule has 2 heterocycles. The number of benzene rings is 2. The lowest BCUT2D eigenvalue weighted by molar-refractivity contribution is -0.0308. The fourth-order valence-electron chi connectivity index (χ4n) is 3.76. The van der Waals surface area contributed by atoms with Crippen molar-refractivity contribution in [1.29, 1.82) is 5.26 Å². The number of H-pyrrole nitrogens is 1. The molecule has 1 atom stereocenters. The number of nitrogens with zero attached hydrogens (tertiary/aromatic N) is 4. The second-order valence-corrected chi connectivity index (χ2v) is 8.41. The molecule has 0 radical (unpaired) electrons. The molecule has 1 aromatic heterocycles. The van der Waals surface area contributed by atoms with Crippen LogP contribution in [-0.2, 0) is 11.2 Å². The molecule has 1 aliphatic heterocycles. The van der Waals surface area contributed by atoms with Gasteiger partial charge in [-0.2, -0.15) is 9.94 Å². The number of rotatable bonds is 6. The minimum Gasteiger partial charge on any atom is -0.454 e. The van der Waals surface area contributed by atoms with Gasteiger partial charge in [0.1, 0.15) is 18.0 Å². The Morgan fingerprint density at radius 3 is 2.57 bits per heavy atom. The monoisotopic (exact) mass is 515 g/mol. The molecule has 1 aliphatic rings. The minimum absolute atomic E-state index is 0.0661. The van der Waals surface area contributed by atoms with E-state index in [9.17, 15) is 14.4 Å². The zero-order valence-corrected chi connectivity index (χ0v) is 20.2. The fraction of sp³-hybridized carbons (Fsp3) is 0.261. The Bertz CT molecular complexity index is 1450. The lowest BCUT2D eigenvalue weighted by Crippen LogP contribution is -2.44. The van der Waals surface area contributed by atoms with Gasteiger partial charge >= 0.3 is 5.69 Å². The molecule has 1 N–H and O–H groups in total. The van der Waals surface area contributed by atoms with Crippen LogP contribution in [0.25, 0.3) is 5.69 Å². The summed E-state index contributed by atoms with van der Waals surface area (Å²) in [4.78, 5) is 40.3. The Kier molecular flexibility index (Phi) is 6.93. The number of amides is 1. The highest BCUT2D eigenvalue weighted by Crippen LogP contribution is 2.39. The lowest BCUT2D eigenvalue weighted by atomic mass is 9.98. The number of nitriles is 1. The first kappa shape index (κ1) is 24.5. The first-order valence-electron chi connectivity index (χ1n) is 10.6. The van der Waals surface area contributed by atoms with Gasteiger partial charge in [0.2, 0.25) is 5.69 Å². The molecule has 0 fully saturated rings. The topological polar surface area (TPSA) is 130 Å². The van der Waals surface area contributed by atoms with Gasteiger partial charge < -0.3 is 14.4 Å². The van der Waals surface area contributed by atoms with Crippen LogP contribution in [0.2, 0.25) is 10.0 Å². The summed E-state index contributed by atoms with van der Waals surface area (Å²) in [6, 6.07) is 9.42. The quantitative estimate of drug-likeness (QED) is 0.532. The summed E-state index contributed by atoms with van der Waals surface area (Å²) in [5, 5.41) is 12.9. The van der Waals surface area contributed by atoms with E-state index in [4.69, 9.17) is 37.9 Å². The van der Waals surface area contributed by atoms with E-state index >= 15 is 0 Å². The average molecular weight is 516 g/mol. The van der Waals surface area contributed by atoms with Crippen molar-refractivity contribution in [3.63, 3.8) is 0 Å². The van der Waals surface area contributed by atoms with Gasteiger partial charge in [-0.1, -0.05) is 23.2 Å². The number of aromatic amines is 1. The molecule has 3 aromatic rings. The summed E-state index contributed by atoms with van der Waals surface area (Å²) >= 11 is 12.8. The summed E-state index contributed by atoms with van der Waals surface area (Å²) in [5.41, 5.74) is -0.724. The molecule has 180 valence electrons. The van der Waals surface area contributed by atoms with Gasteiger partial charge in [-0.05, 0) is 56.2 Å². The van der Waals surface area contributed by atoms with Gasteiger partial charge in [0.15, 0.2) is 5.75 Å². The lowest BCUT2D eigenvalue weighted by Gasteiger charge is -2.33. The summed E-state index contributed by atoms with van der Waals surface area (Å²) in [6.45, 7) is 4.75. The molecule has 35 heavy (non-hydrogen) atoms. The minimum atomic E-state index is -0.896. The third kappa shape index (κ3) is 4.79. The molecule has 0 spiro atoms. The molecule has 10 nitrogen and oxygen atoms in total. The van der Waals surface area contributed by atoms with E-state index in [0.717, 1.165) is 10.2 Å². The number of hydrogen-bond acceptors (Lipinski definition) is 7. The summed E-state index contributed by atoms with van der Waals surface area (Å²) in [7, 11) is 0. The number of halogens is 2. The fourth-order valence-corrected chi connectivity index (χ4v) is 4.31. The number of nitrogens with one attached hydrogen (secondary N) is 1. The van der Waals surface area contributed by atoms with Crippen molar-refractivity contribution in [1.82, 2.24) is 19.7 Å². The summed E-state index contributed by atoms with van der Waals surface area (Å²) < 4.78 is 12.3. The van der Waals surface area contributed by atoms with E-state index < -0.39 is 16.9 Å². The average Bonchev–Trinajstić information content (AvgIpc) is 2.81. The van der Waals surface area contributed by atoms with E-state index in [-0.39, 0.29) is 33.6 Å². The predicted octanol–water partition coefficient (Wildman–Crippen LogP) is 3.27. The second-order valence-electron chi connectivity index (χ2n) is 7.59. The van der Waals surface area contributed by atoms with Crippen molar-refractivity contribution in [2.75, 3.05) is 13.2 Å². The second kappa shape index (κ2) is 9.92. The highest BCUT2D eigenvalue weighted by molar-refractivity contribution is 6.37. The highest BCUT2D eigenvalue weighted by Gasteiger charge is 2.28. The van der Waals surface area contributed by atoms with E-state index in [1.165, 1.54) is 12.1 Å². The molecule has 1 amide bonds. The first-order chi connectivity index (χ1) is 16.7. The predicted molar refractivity (Wildman–Crippen MR) is 128 cm³/mol. The largest absolute Gasteiger partial charge is 0.454 e. The van der Waals surface area contributed by atoms with Crippen LogP contribution in [0.4, 0.5) is 0 Å². The normalized spacial score (nSPS) is 13.8. The number of hydrogen-bond donors (Lipinski definition) is 1. The Balaban J connectivity index is 1.62. The molecular formula is C23H19Cl2N5O5. The van der Waals surface area contributed by atoms with Gasteiger partial charge in [0.25, 0.3) is 11.5 Å². The van der Waals surface area contributed by atoms with E-state index in [1.807, 2.05) is 18.8 Å².